The van der Waals surface area contributed by atoms with Crippen LogP contribution in [0.5, 0.6) is 0 Å². The highest BCUT2D eigenvalue weighted by Gasteiger charge is 2.23. The molecule has 0 saturated carbocycles. The summed E-state index contributed by atoms with van der Waals surface area (Å²) in [5, 5.41) is 2.60. The Kier molecular flexibility index (Phi) is 3.40. The number of hydrogen-bond acceptors (Lipinski definition) is 4. The van der Waals surface area contributed by atoms with E-state index in [1.165, 1.54) is 7.11 Å². The van der Waals surface area contributed by atoms with Gasteiger partial charge in [-0.3, -0.25) is 4.79 Å². The number of methoxy groups -OCH3 is 1. The Morgan fingerprint density at radius 1 is 1.75 bits per heavy atom. The Balaban J connectivity index is 2.51. The summed E-state index contributed by atoms with van der Waals surface area (Å²) in [7, 11) is 1.32. The van der Waals surface area contributed by atoms with E-state index in [4.69, 9.17) is 0 Å². The first-order chi connectivity index (χ1) is 5.74. The van der Waals surface area contributed by atoms with Gasteiger partial charge in [0.05, 0.1) is 7.11 Å². The van der Waals surface area contributed by atoms with Crippen LogP contribution in [0, 0.1) is 0 Å². The molecule has 1 aliphatic heterocycles. The van der Waals surface area contributed by atoms with Gasteiger partial charge in [-0.25, -0.2) is 4.79 Å². The van der Waals surface area contributed by atoms with Crippen LogP contribution in [0.3, 0.4) is 0 Å². The largest absolute Gasteiger partial charge is 0.467 e. The molecule has 68 valence electrons. The standard InChI is InChI=1S/C7H11NO3S/c1-11-7(10)5-4-12-3-2-6(9)8-5/h5H,2-4H2,1H3,(H,8,9)/t5-/m1/s1. The molecule has 4 nitrogen and oxygen atoms in total. The van der Waals surface area contributed by atoms with Crippen LogP contribution in [0.25, 0.3) is 0 Å². The second-order valence-electron chi connectivity index (χ2n) is 2.47. The molecule has 0 radical (unpaired) electrons. The lowest BCUT2D eigenvalue weighted by atomic mass is 10.3. The van der Waals surface area contributed by atoms with Gasteiger partial charge in [-0.15, -0.1) is 0 Å². The molecule has 0 aliphatic carbocycles. The number of rotatable bonds is 1. The fourth-order valence-corrected chi connectivity index (χ4v) is 1.89. The molecule has 1 heterocycles. The van der Waals surface area contributed by atoms with Crippen molar-refractivity contribution in [2.45, 2.75) is 12.5 Å². The number of nitrogens with one attached hydrogen (secondary N) is 1. The molecule has 1 atom stereocenters. The molecular formula is C7H11NO3S. The molecule has 0 bridgehead atoms. The van der Waals surface area contributed by atoms with Crippen molar-refractivity contribution in [1.29, 1.82) is 0 Å². The molecule has 1 saturated heterocycles. The first kappa shape index (κ1) is 9.38. The zero-order valence-corrected chi connectivity index (χ0v) is 7.65. The molecule has 12 heavy (non-hydrogen) atoms. The highest BCUT2D eigenvalue weighted by Crippen LogP contribution is 2.10. The third-order valence-corrected chi connectivity index (χ3v) is 2.64. The van der Waals surface area contributed by atoms with Crippen LogP contribution in [0.2, 0.25) is 0 Å². The second kappa shape index (κ2) is 4.35. The SMILES string of the molecule is COC(=O)[C@H]1CSCCC(=O)N1. The van der Waals surface area contributed by atoms with Gasteiger partial charge in [-0.1, -0.05) is 0 Å². The van der Waals surface area contributed by atoms with Crippen LogP contribution in [0.15, 0.2) is 0 Å². The maximum Gasteiger partial charge on any atom is 0.329 e. The third kappa shape index (κ3) is 2.41. The number of hydrogen-bond donors (Lipinski definition) is 1. The predicted octanol–water partition coefficient (Wildman–Crippen LogP) is -0.219. The van der Waals surface area contributed by atoms with Gasteiger partial charge in [-0.05, 0) is 0 Å². The lowest BCUT2D eigenvalue weighted by Crippen LogP contribution is -2.41. The molecule has 0 unspecified atom stereocenters. The summed E-state index contributed by atoms with van der Waals surface area (Å²) in [4.78, 5) is 22.0. The smallest absolute Gasteiger partial charge is 0.329 e. The summed E-state index contributed by atoms with van der Waals surface area (Å²) in [5.74, 6) is 0.950. The van der Waals surface area contributed by atoms with Gasteiger partial charge in [0, 0.05) is 17.9 Å². The van der Waals surface area contributed by atoms with E-state index >= 15 is 0 Å². The van der Waals surface area contributed by atoms with E-state index in [-0.39, 0.29) is 11.9 Å². The molecule has 5 heteroatoms. The molecule has 0 aromatic carbocycles. The number of amides is 1. The van der Waals surface area contributed by atoms with Crippen molar-refractivity contribution >= 4 is 23.6 Å². The van der Waals surface area contributed by atoms with E-state index in [0.29, 0.717) is 12.2 Å². The lowest BCUT2D eigenvalue weighted by Gasteiger charge is -2.11. The van der Waals surface area contributed by atoms with Crippen molar-refractivity contribution < 1.29 is 14.3 Å². The predicted molar refractivity (Wildman–Crippen MR) is 45.9 cm³/mol. The topological polar surface area (TPSA) is 55.4 Å². The zero-order valence-electron chi connectivity index (χ0n) is 6.83. The number of thioether (sulfide) groups is 1. The Hall–Kier alpha value is -0.710. The van der Waals surface area contributed by atoms with Crippen molar-refractivity contribution in [2.75, 3.05) is 18.6 Å². The van der Waals surface area contributed by atoms with Gasteiger partial charge < -0.3 is 10.1 Å². The minimum atomic E-state index is -0.463. The molecule has 0 aromatic heterocycles. The molecule has 0 spiro atoms. The second-order valence-corrected chi connectivity index (χ2v) is 3.62. The average Bonchev–Trinajstić information content (AvgIpc) is 2.28. The zero-order chi connectivity index (χ0) is 8.97. The molecular weight excluding hydrogens is 178 g/mol. The number of carbonyl (C=O) groups excluding carboxylic acids is 2. The summed E-state index contributed by atoms with van der Waals surface area (Å²) < 4.78 is 4.53. The fraction of sp³-hybridized carbons (Fsp3) is 0.714. The van der Waals surface area contributed by atoms with E-state index in [9.17, 15) is 9.59 Å². The molecule has 1 fully saturated rings. The number of carbonyl (C=O) groups is 2. The van der Waals surface area contributed by atoms with Crippen molar-refractivity contribution in [3.05, 3.63) is 0 Å². The van der Waals surface area contributed by atoms with Gasteiger partial charge in [0.15, 0.2) is 0 Å². The normalized spacial score (nSPS) is 24.1. The minimum Gasteiger partial charge on any atom is -0.467 e. The van der Waals surface area contributed by atoms with Crippen molar-refractivity contribution in [2.24, 2.45) is 0 Å². The Morgan fingerprint density at radius 2 is 2.50 bits per heavy atom. The highest BCUT2D eigenvalue weighted by atomic mass is 32.2. The first-order valence-electron chi connectivity index (χ1n) is 3.69. The quantitative estimate of drug-likeness (QED) is 0.579. The van der Waals surface area contributed by atoms with E-state index in [2.05, 4.69) is 10.1 Å². The van der Waals surface area contributed by atoms with Crippen LogP contribution >= 0.6 is 11.8 Å². The molecule has 1 aliphatic rings. The average molecular weight is 189 g/mol. The third-order valence-electron chi connectivity index (χ3n) is 1.58. The van der Waals surface area contributed by atoms with Crippen LogP contribution < -0.4 is 5.32 Å². The van der Waals surface area contributed by atoms with Gasteiger partial charge in [0.25, 0.3) is 0 Å². The van der Waals surface area contributed by atoms with Crippen molar-refractivity contribution in [3.8, 4) is 0 Å². The maximum atomic E-state index is 11.0. The van der Waals surface area contributed by atoms with E-state index in [1.807, 2.05) is 0 Å². The Bertz CT molecular complexity index is 195. The van der Waals surface area contributed by atoms with E-state index in [0.717, 1.165) is 5.75 Å². The number of ether oxygens (including phenoxy) is 1. The molecule has 1 amide bonds. The van der Waals surface area contributed by atoms with Gasteiger partial charge in [0.2, 0.25) is 5.91 Å². The van der Waals surface area contributed by atoms with Crippen LogP contribution in [0.1, 0.15) is 6.42 Å². The molecule has 0 aromatic rings. The summed E-state index contributed by atoms with van der Waals surface area (Å²) in [5.41, 5.74) is 0. The monoisotopic (exact) mass is 189 g/mol. The van der Waals surface area contributed by atoms with Crippen molar-refractivity contribution in [1.82, 2.24) is 5.32 Å². The Morgan fingerprint density at radius 3 is 3.17 bits per heavy atom. The van der Waals surface area contributed by atoms with E-state index in [1.54, 1.807) is 11.8 Å². The summed E-state index contributed by atoms with van der Waals surface area (Å²) >= 11 is 1.59. The first-order valence-corrected chi connectivity index (χ1v) is 4.84. The minimum absolute atomic E-state index is 0.0737. The van der Waals surface area contributed by atoms with Crippen LogP contribution in [0.4, 0.5) is 0 Å². The Labute approximate surface area is 75.0 Å². The summed E-state index contributed by atoms with van der Waals surface area (Å²) in [6, 6.07) is -0.463. The lowest BCUT2D eigenvalue weighted by molar-refractivity contribution is -0.144. The van der Waals surface area contributed by atoms with Crippen LogP contribution in [-0.2, 0) is 14.3 Å². The van der Waals surface area contributed by atoms with Gasteiger partial charge in [-0.2, -0.15) is 11.8 Å². The summed E-state index contributed by atoms with van der Waals surface area (Å²) in [6.07, 6.45) is 0.484. The summed E-state index contributed by atoms with van der Waals surface area (Å²) in [6.45, 7) is 0. The molecule has 1 N–H and O–H groups in total. The van der Waals surface area contributed by atoms with Gasteiger partial charge in [0.1, 0.15) is 6.04 Å². The highest BCUT2D eigenvalue weighted by molar-refractivity contribution is 7.99. The number of esters is 1. The van der Waals surface area contributed by atoms with Gasteiger partial charge >= 0.3 is 5.97 Å². The van der Waals surface area contributed by atoms with Crippen molar-refractivity contribution in [3.63, 3.8) is 0 Å². The fourth-order valence-electron chi connectivity index (χ4n) is 0.943. The van der Waals surface area contributed by atoms with Crippen LogP contribution in [-0.4, -0.2) is 36.5 Å². The molecule has 1 rings (SSSR count). The maximum absolute atomic E-state index is 11.0. The van der Waals surface area contributed by atoms with E-state index < -0.39 is 6.04 Å².